The maximum absolute atomic E-state index is 12.7. The molecular formula is C20H19N5O4. The summed E-state index contributed by atoms with van der Waals surface area (Å²) in [6, 6.07) is 12.7. The van der Waals surface area contributed by atoms with Crippen molar-refractivity contribution in [1.82, 2.24) is 25.8 Å². The lowest BCUT2D eigenvalue weighted by molar-refractivity contribution is -0.148. The van der Waals surface area contributed by atoms with Gasteiger partial charge in [-0.1, -0.05) is 41.6 Å². The summed E-state index contributed by atoms with van der Waals surface area (Å²) in [7, 11) is 0. The minimum Gasteiger partial charge on any atom is -0.356 e. The zero-order valence-electron chi connectivity index (χ0n) is 15.4. The fourth-order valence-corrected chi connectivity index (χ4v) is 3.07. The van der Waals surface area contributed by atoms with Gasteiger partial charge in [-0.25, -0.2) is 0 Å². The Labute approximate surface area is 166 Å². The van der Waals surface area contributed by atoms with Crippen molar-refractivity contribution in [1.29, 1.82) is 0 Å². The van der Waals surface area contributed by atoms with Crippen molar-refractivity contribution >= 4 is 11.8 Å². The number of hydrogen-bond donors (Lipinski definition) is 2. The van der Waals surface area contributed by atoms with E-state index in [1.165, 1.54) is 0 Å². The van der Waals surface area contributed by atoms with Gasteiger partial charge in [0.25, 0.3) is 5.91 Å². The highest BCUT2D eigenvalue weighted by Crippen LogP contribution is 2.22. The summed E-state index contributed by atoms with van der Waals surface area (Å²) in [5, 5.41) is 9.45. The number of nitrogens with zero attached hydrogens (tertiary/aromatic N) is 3. The fourth-order valence-electron chi connectivity index (χ4n) is 3.07. The van der Waals surface area contributed by atoms with Gasteiger partial charge in [0.2, 0.25) is 11.8 Å². The molecule has 1 aliphatic rings. The lowest BCUT2D eigenvalue weighted by Crippen LogP contribution is -2.52. The summed E-state index contributed by atoms with van der Waals surface area (Å²) in [5.41, 5.74) is 1.75. The van der Waals surface area contributed by atoms with Crippen LogP contribution in [-0.2, 0) is 27.3 Å². The molecule has 2 N–H and O–H groups in total. The van der Waals surface area contributed by atoms with Crippen LogP contribution in [-0.4, -0.2) is 39.6 Å². The minimum absolute atomic E-state index is 0.0637. The summed E-state index contributed by atoms with van der Waals surface area (Å²) in [4.78, 5) is 32.7. The van der Waals surface area contributed by atoms with Crippen molar-refractivity contribution in [2.45, 2.75) is 25.1 Å². The van der Waals surface area contributed by atoms with Gasteiger partial charge >= 0.3 is 0 Å². The average Bonchev–Trinajstić information content (AvgIpc) is 3.20. The Kier molecular flexibility index (Phi) is 5.57. The lowest BCUT2D eigenvalue weighted by atomic mass is 10.0. The molecule has 0 aliphatic carbocycles. The number of benzene rings is 1. The zero-order chi connectivity index (χ0) is 20.1. The third-order valence-electron chi connectivity index (χ3n) is 4.44. The second-order valence-electron chi connectivity index (χ2n) is 6.55. The lowest BCUT2D eigenvalue weighted by Gasteiger charge is -2.31. The summed E-state index contributed by atoms with van der Waals surface area (Å²) < 4.78 is 10.7. The molecule has 4 rings (SSSR count). The molecule has 29 heavy (non-hydrogen) atoms. The van der Waals surface area contributed by atoms with E-state index in [0.717, 1.165) is 5.56 Å². The molecule has 0 unspecified atom stereocenters. The summed E-state index contributed by atoms with van der Waals surface area (Å²) in [6.45, 7) is -0.120. The van der Waals surface area contributed by atoms with Gasteiger partial charge in [-0.2, -0.15) is 4.98 Å². The fraction of sp³-hybridized carbons (Fsp3) is 0.250. The van der Waals surface area contributed by atoms with E-state index < -0.39 is 12.1 Å². The van der Waals surface area contributed by atoms with Crippen LogP contribution in [0.1, 0.15) is 28.9 Å². The van der Waals surface area contributed by atoms with Crippen molar-refractivity contribution in [3.05, 3.63) is 77.7 Å². The first-order valence-electron chi connectivity index (χ1n) is 9.13. The maximum Gasteiger partial charge on any atom is 0.252 e. The number of aromatic nitrogens is 3. The predicted molar refractivity (Wildman–Crippen MR) is 100 cm³/mol. The van der Waals surface area contributed by atoms with Crippen molar-refractivity contribution in [2.75, 3.05) is 6.61 Å². The molecule has 2 amide bonds. The quantitative estimate of drug-likeness (QED) is 0.639. The second-order valence-corrected chi connectivity index (χ2v) is 6.55. The van der Waals surface area contributed by atoms with Gasteiger partial charge in [0.05, 0.1) is 12.6 Å². The largest absolute Gasteiger partial charge is 0.356 e. The van der Waals surface area contributed by atoms with Gasteiger partial charge in [0.1, 0.15) is 6.61 Å². The Bertz CT molecular complexity index is 977. The van der Waals surface area contributed by atoms with E-state index in [4.69, 9.17) is 9.26 Å². The molecule has 3 heterocycles. The smallest absolute Gasteiger partial charge is 0.252 e. The molecule has 1 saturated heterocycles. The molecule has 0 bridgehead atoms. The van der Waals surface area contributed by atoms with Crippen molar-refractivity contribution < 1.29 is 18.8 Å². The van der Waals surface area contributed by atoms with Gasteiger partial charge in [-0.3, -0.25) is 14.6 Å². The van der Waals surface area contributed by atoms with Crippen LogP contribution in [0.15, 0.2) is 59.4 Å². The number of rotatable bonds is 6. The van der Waals surface area contributed by atoms with Gasteiger partial charge in [0, 0.05) is 18.8 Å². The highest BCUT2D eigenvalue weighted by molar-refractivity contribution is 5.86. The molecule has 1 aliphatic heterocycles. The standard InChI is InChI=1S/C20H19N5O4/c26-16-12-28-19(18(24-16)14-7-4-8-21-10-14)20(27)22-11-17-23-15(25-29-17)9-13-5-2-1-3-6-13/h1-8,10,18-19H,9,11-12H2,(H,22,27)(H,24,26)/t18-,19+/m1/s1. The molecule has 0 spiro atoms. The van der Waals surface area contributed by atoms with Crippen molar-refractivity contribution in [3.8, 4) is 0 Å². The Morgan fingerprint density at radius 3 is 2.86 bits per heavy atom. The number of amides is 2. The highest BCUT2D eigenvalue weighted by Gasteiger charge is 2.36. The molecule has 2 aromatic heterocycles. The van der Waals surface area contributed by atoms with Gasteiger partial charge < -0.3 is 19.9 Å². The van der Waals surface area contributed by atoms with E-state index in [1.807, 2.05) is 30.3 Å². The third kappa shape index (κ3) is 4.64. The molecule has 0 saturated carbocycles. The number of morpholine rings is 1. The first kappa shape index (κ1) is 18.8. The second kappa shape index (κ2) is 8.61. The molecule has 1 aromatic carbocycles. The molecule has 9 heteroatoms. The van der Waals surface area contributed by atoms with Crippen LogP contribution in [0, 0.1) is 0 Å². The molecule has 9 nitrogen and oxygen atoms in total. The van der Waals surface area contributed by atoms with Crippen molar-refractivity contribution in [3.63, 3.8) is 0 Å². The Morgan fingerprint density at radius 2 is 2.07 bits per heavy atom. The van der Waals surface area contributed by atoms with Crippen molar-refractivity contribution in [2.24, 2.45) is 0 Å². The first-order chi connectivity index (χ1) is 14.2. The number of carbonyl (C=O) groups excluding carboxylic acids is 2. The van der Waals surface area contributed by atoms with E-state index in [-0.39, 0.29) is 25.0 Å². The third-order valence-corrected chi connectivity index (χ3v) is 4.44. The molecule has 3 aromatic rings. The Morgan fingerprint density at radius 1 is 1.21 bits per heavy atom. The molecule has 2 atom stereocenters. The topological polar surface area (TPSA) is 119 Å². The maximum atomic E-state index is 12.7. The van der Waals surface area contributed by atoms with Crippen LogP contribution >= 0.6 is 0 Å². The minimum atomic E-state index is -0.886. The van der Waals surface area contributed by atoms with E-state index in [1.54, 1.807) is 24.5 Å². The van der Waals surface area contributed by atoms with Crippen LogP contribution in [0.2, 0.25) is 0 Å². The van der Waals surface area contributed by atoms with Crippen LogP contribution in [0.5, 0.6) is 0 Å². The van der Waals surface area contributed by atoms with Gasteiger partial charge in [-0.15, -0.1) is 0 Å². The predicted octanol–water partition coefficient (Wildman–Crippen LogP) is 0.928. The first-order valence-corrected chi connectivity index (χ1v) is 9.13. The highest BCUT2D eigenvalue weighted by atomic mass is 16.5. The number of carbonyl (C=O) groups is 2. The summed E-state index contributed by atoms with van der Waals surface area (Å²) >= 11 is 0. The number of pyridine rings is 1. The van der Waals surface area contributed by atoms with Crippen LogP contribution in [0.4, 0.5) is 0 Å². The molecule has 148 valence electrons. The average molecular weight is 393 g/mol. The van der Waals surface area contributed by atoms with E-state index in [2.05, 4.69) is 25.8 Å². The van der Waals surface area contributed by atoms with E-state index in [9.17, 15) is 9.59 Å². The van der Waals surface area contributed by atoms with Crippen LogP contribution < -0.4 is 10.6 Å². The number of ether oxygens (including phenoxy) is 1. The van der Waals surface area contributed by atoms with E-state index >= 15 is 0 Å². The van der Waals surface area contributed by atoms with E-state index in [0.29, 0.717) is 23.7 Å². The molecule has 1 fully saturated rings. The van der Waals surface area contributed by atoms with Crippen LogP contribution in [0.3, 0.4) is 0 Å². The molecule has 0 radical (unpaired) electrons. The normalized spacial score (nSPS) is 18.8. The molecular weight excluding hydrogens is 374 g/mol. The van der Waals surface area contributed by atoms with Gasteiger partial charge in [0.15, 0.2) is 11.9 Å². The van der Waals surface area contributed by atoms with Gasteiger partial charge in [-0.05, 0) is 17.2 Å². The number of hydrogen-bond acceptors (Lipinski definition) is 7. The summed E-state index contributed by atoms with van der Waals surface area (Å²) in [5.74, 6) is 0.156. The Balaban J connectivity index is 1.38. The number of nitrogens with one attached hydrogen (secondary N) is 2. The SMILES string of the molecule is O=C1CO[C@H](C(=O)NCc2nc(Cc3ccccc3)no2)[C@@H](c2cccnc2)N1. The zero-order valence-corrected chi connectivity index (χ0v) is 15.4. The Hall–Kier alpha value is -3.59. The summed E-state index contributed by atoms with van der Waals surface area (Å²) in [6.07, 6.45) is 2.86. The monoisotopic (exact) mass is 393 g/mol. The van der Waals surface area contributed by atoms with Crippen LogP contribution in [0.25, 0.3) is 0 Å².